The van der Waals surface area contributed by atoms with E-state index in [9.17, 15) is 9.90 Å². The van der Waals surface area contributed by atoms with Crippen LogP contribution in [0.1, 0.15) is 16.1 Å². The van der Waals surface area contributed by atoms with Crippen LogP contribution in [0.3, 0.4) is 0 Å². The fourth-order valence-corrected chi connectivity index (χ4v) is 3.92. The molecule has 0 atom stereocenters. The molecule has 0 fully saturated rings. The number of aromatic amines is 2. The van der Waals surface area contributed by atoms with Gasteiger partial charge in [-0.2, -0.15) is 5.10 Å². The highest BCUT2D eigenvalue weighted by Crippen LogP contribution is 2.37. The summed E-state index contributed by atoms with van der Waals surface area (Å²) in [5.74, 6) is -0.0803. The van der Waals surface area contributed by atoms with Crippen molar-refractivity contribution in [2.75, 3.05) is 0 Å². The zero-order valence-electron chi connectivity index (χ0n) is 18.0. The first-order chi connectivity index (χ1) is 17.0. The topological polar surface area (TPSA) is 116 Å². The second-order valence-electron chi connectivity index (χ2n) is 7.62. The number of hydrogen-bond donors (Lipinski definition) is 3. The third-order valence-corrected chi connectivity index (χ3v) is 5.98. The minimum Gasteiger partial charge on any atom is -0.493 e. The van der Waals surface area contributed by atoms with Crippen LogP contribution in [-0.4, -0.2) is 26.2 Å². The maximum Gasteiger partial charge on any atom is 0.313 e. The molecule has 0 aliphatic heterocycles. The molecular weight excluding hydrogens is 534 g/mol. The normalized spacial score (nSPS) is 11.4. The van der Waals surface area contributed by atoms with Crippen molar-refractivity contribution in [3.63, 3.8) is 0 Å². The van der Waals surface area contributed by atoms with E-state index in [2.05, 4.69) is 41.3 Å². The molecule has 35 heavy (non-hydrogen) atoms. The molecule has 5 rings (SSSR count). The van der Waals surface area contributed by atoms with Crippen LogP contribution in [0.25, 0.3) is 22.2 Å². The van der Waals surface area contributed by atoms with Gasteiger partial charge >= 0.3 is 5.91 Å². The van der Waals surface area contributed by atoms with Crippen LogP contribution in [0, 0.1) is 0 Å². The van der Waals surface area contributed by atoms with Crippen molar-refractivity contribution in [1.29, 1.82) is 0 Å². The number of aromatic hydroxyl groups is 1. The highest BCUT2D eigenvalue weighted by molar-refractivity contribution is 9.10. The fourth-order valence-electron chi connectivity index (χ4n) is 3.43. The summed E-state index contributed by atoms with van der Waals surface area (Å²) >= 11 is 9.29. The fraction of sp³-hybridized carbons (Fsp3) is 0.0400. The second kappa shape index (κ2) is 9.73. The zero-order valence-corrected chi connectivity index (χ0v) is 20.3. The first-order valence-electron chi connectivity index (χ1n) is 10.5. The number of nitrogens with one attached hydrogen (secondary N) is 2. The van der Waals surface area contributed by atoms with E-state index in [1.807, 2.05) is 54.6 Å². The molecule has 0 saturated carbocycles. The van der Waals surface area contributed by atoms with E-state index in [1.165, 1.54) is 0 Å². The van der Waals surface area contributed by atoms with Gasteiger partial charge in [-0.3, -0.25) is 9.89 Å². The summed E-state index contributed by atoms with van der Waals surface area (Å²) in [6.07, 6.45) is 0. The number of amides is 1. The average molecular weight is 551 g/mol. The van der Waals surface area contributed by atoms with Crippen LogP contribution in [0.15, 0.2) is 87.5 Å². The summed E-state index contributed by atoms with van der Waals surface area (Å²) in [7, 11) is 0. The van der Waals surface area contributed by atoms with Gasteiger partial charge in [-0.15, -0.1) is 10.2 Å². The molecule has 3 N–H and O–H groups in total. The zero-order chi connectivity index (χ0) is 24.4. The first-order valence-corrected chi connectivity index (χ1v) is 11.6. The Morgan fingerprint density at radius 1 is 1.06 bits per heavy atom. The van der Waals surface area contributed by atoms with Crippen molar-refractivity contribution in [1.82, 2.24) is 15.2 Å². The monoisotopic (exact) mass is 549 g/mol. The molecule has 0 spiro atoms. The predicted octanol–water partition coefficient (Wildman–Crippen LogP) is 7.18. The number of fused-ring (bicyclic) bond motifs is 1. The molecule has 0 radical (unpaired) electrons. The van der Waals surface area contributed by atoms with E-state index in [0.717, 1.165) is 15.6 Å². The molecule has 5 aromatic rings. The van der Waals surface area contributed by atoms with Crippen LogP contribution < -0.4 is 4.74 Å². The van der Waals surface area contributed by atoms with Gasteiger partial charge < -0.3 is 14.8 Å². The van der Waals surface area contributed by atoms with Crippen molar-refractivity contribution in [3.05, 3.63) is 93.5 Å². The molecule has 174 valence electrons. The van der Waals surface area contributed by atoms with Gasteiger partial charge in [0.2, 0.25) is 5.88 Å². The highest BCUT2D eigenvalue weighted by Gasteiger charge is 2.14. The number of carbonyl (C=O) groups excluding carboxylic acids is 1. The summed E-state index contributed by atoms with van der Waals surface area (Å²) in [6.45, 7) is 0.422. The SMILES string of the molecule is O=C(N=Nc1c(O)[nH]c2ccc(Br)cc12)c1cc(-c2ccc(OCc3ccc(Cl)cc3)cc2)n[nH]1. The summed E-state index contributed by atoms with van der Waals surface area (Å²) in [4.78, 5) is 15.3. The molecular formula is C25H17BrClN5O3. The first kappa shape index (κ1) is 22.8. The lowest BCUT2D eigenvalue weighted by molar-refractivity contribution is 0.0990. The number of benzene rings is 3. The Morgan fingerprint density at radius 3 is 2.60 bits per heavy atom. The molecule has 0 unspecified atom stereocenters. The largest absolute Gasteiger partial charge is 0.493 e. The molecule has 8 nitrogen and oxygen atoms in total. The quantitative estimate of drug-likeness (QED) is 0.194. The molecule has 0 aliphatic carbocycles. The number of H-pyrrole nitrogens is 2. The number of hydrogen-bond acceptors (Lipinski definition) is 5. The average Bonchev–Trinajstić information content (AvgIpc) is 3.47. The Labute approximate surface area is 212 Å². The van der Waals surface area contributed by atoms with E-state index < -0.39 is 5.91 Å². The second-order valence-corrected chi connectivity index (χ2v) is 8.98. The van der Waals surface area contributed by atoms with Crippen molar-refractivity contribution >= 4 is 50.0 Å². The standard InChI is InChI=1S/C25H17BrClN5O3/c26-16-5-10-20-19(11-16)23(25(34)28-20)31-32-24(33)22-12-21(29-30-22)15-3-8-18(9-4-15)35-13-14-1-6-17(27)7-2-14/h1-12,28,34H,13H2,(H,29,30). The number of nitrogens with zero attached hydrogens (tertiary/aromatic N) is 3. The van der Waals surface area contributed by atoms with Gasteiger partial charge in [-0.05, 0) is 66.2 Å². The smallest absolute Gasteiger partial charge is 0.313 e. The van der Waals surface area contributed by atoms with Crippen LogP contribution in [0.2, 0.25) is 5.02 Å². The van der Waals surface area contributed by atoms with Gasteiger partial charge in [0.05, 0.1) is 11.2 Å². The summed E-state index contributed by atoms with van der Waals surface area (Å²) in [5.41, 5.74) is 3.42. The number of halogens is 2. The Kier molecular flexibility index (Phi) is 6.35. The molecule has 1 amide bonds. The molecule has 0 saturated heterocycles. The Hall–Kier alpha value is -3.95. The van der Waals surface area contributed by atoms with Crippen LogP contribution in [0.5, 0.6) is 11.6 Å². The minimum absolute atomic E-state index is 0.168. The number of rotatable bonds is 6. The highest BCUT2D eigenvalue weighted by atomic mass is 79.9. The molecule has 0 aliphatic rings. The van der Waals surface area contributed by atoms with E-state index >= 15 is 0 Å². The van der Waals surface area contributed by atoms with Crippen LogP contribution in [0.4, 0.5) is 5.69 Å². The lowest BCUT2D eigenvalue weighted by Crippen LogP contribution is -1.94. The number of carbonyl (C=O) groups is 1. The minimum atomic E-state index is -0.615. The van der Waals surface area contributed by atoms with Gasteiger partial charge in [-0.1, -0.05) is 39.7 Å². The van der Waals surface area contributed by atoms with E-state index in [0.29, 0.717) is 34.0 Å². The van der Waals surface area contributed by atoms with Crippen molar-refractivity contribution < 1.29 is 14.6 Å². The molecule has 2 aromatic heterocycles. The Balaban J connectivity index is 1.26. The molecule has 3 aromatic carbocycles. The van der Waals surface area contributed by atoms with Gasteiger partial charge in [-0.25, -0.2) is 0 Å². The van der Waals surface area contributed by atoms with E-state index in [-0.39, 0.29) is 17.3 Å². The van der Waals surface area contributed by atoms with Gasteiger partial charge in [0.25, 0.3) is 0 Å². The Morgan fingerprint density at radius 2 is 1.83 bits per heavy atom. The van der Waals surface area contributed by atoms with E-state index in [1.54, 1.807) is 18.2 Å². The van der Waals surface area contributed by atoms with E-state index in [4.69, 9.17) is 16.3 Å². The molecule has 10 heteroatoms. The van der Waals surface area contributed by atoms with Gasteiger partial charge in [0, 0.05) is 20.4 Å². The van der Waals surface area contributed by atoms with Crippen molar-refractivity contribution in [2.24, 2.45) is 10.2 Å². The third-order valence-electron chi connectivity index (χ3n) is 5.23. The lowest BCUT2D eigenvalue weighted by atomic mass is 10.1. The number of azo groups is 1. The third kappa shape index (κ3) is 5.11. The van der Waals surface area contributed by atoms with Crippen LogP contribution >= 0.6 is 27.5 Å². The number of aromatic nitrogens is 3. The maximum atomic E-state index is 12.5. The van der Waals surface area contributed by atoms with Crippen molar-refractivity contribution in [3.8, 4) is 22.9 Å². The number of ether oxygens (including phenoxy) is 1. The van der Waals surface area contributed by atoms with Gasteiger partial charge in [0.15, 0.2) is 5.69 Å². The van der Waals surface area contributed by atoms with Crippen molar-refractivity contribution in [2.45, 2.75) is 6.61 Å². The summed E-state index contributed by atoms with van der Waals surface area (Å²) in [5, 5.41) is 26.0. The maximum absolute atomic E-state index is 12.5. The molecule has 0 bridgehead atoms. The molecule has 2 heterocycles. The van der Waals surface area contributed by atoms with Crippen LogP contribution in [-0.2, 0) is 6.61 Å². The summed E-state index contributed by atoms with van der Waals surface area (Å²) in [6, 6.07) is 21.8. The summed E-state index contributed by atoms with van der Waals surface area (Å²) < 4.78 is 6.61. The predicted molar refractivity (Wildman–Crippen MR) is 136 cm³/mol. The lowest BCUT2D eigenvalue weighted by Gasteiger charge is -2.07. The Bertz CT molecular complexity index is 1540. The van der Waals surface area contributed by atoms with Gasteiger partial charge in [0.1, 0.15) is 18.1 Å².